The van der Waals surface area contributed by atoms with Crippen molar-refractivity contribution in [3.05, 3.63) is 72.2 Å². The molecule has 1 aromatic carbocycles. The second kappa shape index (κ2) is 6.86. The lowest BCUT2D eigenvalue weighted by molar-refractivity contribution is 0.0628. The molecule has 0 radical (unpaired) electrons. The van der Waals surface area contributed by atoms with Gasteiger partial charge in [-0.05, 0) is 23.8 Å². The van der Waals surface area contributed by atoms with Gasteiger partial charge >= 0.3 is 0 Å². The average molecular weight is 333 g/mol. The van der Waals surface area contributed by atoms with Gasteiger partial charge in [0.1, 0.15) is 5.69 Å². The molecule has 0 spiro atoms. The summed E-state index contributed by atoms with van der Waals surface area (Å²) in [6.07, 6.45) is 3.45. The second-order valence-electron chi connectivity index (χ2n) is 6.04. The third-order valence-corrected chi connectivity index (χ3v) is 4.45. The quantitative estimate of drug-likeness (QED) is 0.771. The summed E-state index contributed by atoms with van der Waals surface area (Å²) in [5.74, 6) is -0.0296. The highest BCUT2D eigenvalue weighted by molar-refractivity contribution is 5.93. The molecule has 3 heterocycles. The summed E-state index contributed by atoms with van der Waals surface area (Å²) in [7, 11) is 0. The molecule has 6 nitrogen and oxygen atoms in total. The third kappa shape index (κ3) is 3.16. The van der Waals surface area contributed by atoms with Gasteiger partial charge in [0.25, 0.3) is 5.91 Å². The van der Waals surface area contributed by atoms with E-state index in [2.05, 4.69) is 32.6 Å². The lowest BCUT2D eigenvalue weighted by Gasteiger charge is -2.36. The van der Waals surface area contributed by atoms with Crippen LogP contribution < -0.4 is 5.32 Å². The van der Waals surface area contributed by atoms with E-state index in [9.17, 15) is 4.79 Å². The maximum absolute atomic E-state index is 13.0. The van der Waals surface area contributed by atoms with Gasteiger partial charge in [0.2, 0.25) is 0 Å². The molecule has 3 aromatic rings. The number of nitrogens with zero attached hydrogens (tertiary/aromatic N) is 3. The summed E-state index contributed by atoms with van der Waals surface area (Å²) in [6.45, 7) is 2.21. The molecule has 1 aliphatic rings. The number of carbonyl (C=O) groups is 1. The maximum Gasteiger partial charge on any atom is 0.272 e. The Morgan fingerprint density at radius 3 is 2.84 bits per heavy atom. The lowest BCUT2D eigenvalue weighted by atomic mass is 10.0. The first kappa shape index (κ1) is 15.5. The minimum absolute atomic E-state index is 0.0209. The number of H-pyrrole nitrogens is 1. The van der Waals surface area contributed by atoms with Gasteiger partial charge in [0.15, 0.2) is 0 Å². The highest BCUT2D eigenvalue weighted by Gasteiger charge is 2.29. The van der Waals surface area contributed by atoms with Gasteiger partial charge in [0, 0.05) is 37.6 Å². The molecule has 1 amide bonds. The lowest BCUT2D eigenvalue weighted by Crippen LogP contribution is -2.48. The topological polar surface area (TPSA) is 73.9 Å². The fourth-order valence-corrected chi connectivity index (χ4v) is 3.17. The Hall–Kier alpha value is -2.99. The van der Waals surface area contributed by atoms with Gasteiger partial charge in [-0.15, -0.1) is 0 Å². The molecule has 1 fully saturated rings. The Morgan fingerprint density at radius 2 is 2.04 bits per heavy atom. The van der Waals surface area contributed by atoms with Crippen LogP contribution in [0.2, 0.25) is 0 Å². The molecule has 25 heavy (non-hydrogen) atoms. The molecule has 2 N–H and O–H groups in total. The minimum Gasteiger partial charge on any atom is -0.328 e. The number of aromatic nitrogens is 3. The van der Waals surface area contributed by atoms with Crippen molar-refractivity contribution < 1.29 is 4.79 Å². The molecule has 0 aliphatic carbocycles. The fraction of sp³-hybridized carbons (Fsp3) is 0.211. The largest absolute Gasteiger partial charge is 0.328 e. The van der Waals surface area contributed by atoms with Crippen molar-refractivity contribution in [1.82, 2.24) is 25.4 Å². The van der Waals surface area contributed by atoms with Crippen LogP contribution >= 0.6 is 0 Å². The fourth-order valence-electron chi connectivity index (χ4n) is 3.17. The normalized spacial score (nSPS) is 17.4. The zero-order chi connectivity index (χ0) is 17.1. The van der Waals surface area contributed by atoms with Crippen LogP contribution in [0.1, 0.15) is 22.1 Å². The van der Waals surface area contributed by atoms with Crippen molar-refractivity contribution in [2.45, 2.75) is 6.04 Å². The highest BCUT2D eigenvalue weighted by Crippen LogP contribution is 2.25. The van der Waals surface area contributed by atoms with Gasteiger partial charge in [-0.25, -0.2) is 0 Å². The van der Waals surface area contributed by atoms with Crippen LogP contribution in [0.4, 0.5) is 0 Å². The van der Waals surface area contributed by atoms with E-state index >= 15 is 0 Å². The predicted molar refractivity (Wildman–Crippen MR) is 94.9 cm³/mol. The van der Waals surface area contributed by atoms with Gasteiger partial charge in [-0.3, -0.25) is 14.9 Å². The standard InChI is InChI=1S/C19H19N5O/c25-19(17-11-16(22-23-17)15-7-4-8-20-12-15)24-10-9-21-13-18(24)14-5-2-1-3-6-14/h1-8,11-12,18,21H,9-10,13H2,(H,22,23)/t18-/m1/s1. The summed E-state index contributed by atoms with van der Waals surface area (Å²) >= 11 is 0. The van der Waals surface area contributed by atoms with E-state index in [4.69, 9.17) is 0 Å². The predicted octanol–water partition coefficient (Wildman–Crippen LogP) is 2.26. The van der Waals surface area contributed by atoms with Crippen LogP contribution in [-0.4, -0.2) is 45.6 Å². The second-order valence-corrected chi connectivity index (χ2v) is 6.04. The van der Waals surface area contributed by atoms with E-state index < -0.39 is 0 Å². The van der Waals surface area contributed by atoms with Crippen LogP contribution in [-0.2, 0) is 0 Å². The monoisotopic (exact) mass is 333 g/mol. The van der Waals surface area contributed by atoms with Gasteiger partial charge < -0.3 is 10.2 Å². The molecule has 1 aliphatic heterocycles. The van der Waals surface area contributed by atoms with Crippen molar-refractivity contribution in [1.29, 1.82) is 0 Å². The number of hydrogen-bond donors (Lipinski definition) is 2. The summed E-state index contributed by atoms with van der Waals surface area (Å²) < 4.78 is 0. The molecule has 6 heteroatoms. The van der Waals surface area contributed by atoms with E-state index in [0.717, 1.165) is 29.9 Å². The van der Waals surface area contributed by atoms with E-state index in [1.54, 1.807) is 18.5 Å². The van der Waals surface area contributed by atoms with Crippen molar-refractivity contribution in [2.24, 2.45) is 0 Å². The number of rotatable bonds is 3. The van der Waals surface area contributed by atoms with Crippen molar-refractivity contribution in [2.75, 3.05) is 19.6 Å². The molecule has 0 bridgehead atoms. The van der Waals surface area contributed by atoms with Crippen molar-refractivity contribution in [3.63, 3.8) is 0 Å². The van der Waals surface area contributed by atoms with Crippen LogP contribution in [0, 0.1) is 0 Å². The summed E-state index contributed by atoms with van der Waals surface area (Å²) in [4.78, 5) is 19.0. The number of nitrogens with one attached hydrogen (secondary N) is 2. The van der Waals surface area contributed by atoms with Gasteiger partial charge in [-0.2, -0.15) is 5.10 Å². The molecule has 4 rings (SSSR count). The number of pyridine rings is 1. The first-order valence-corrected chi connectivity index (χ1v) is 8.35. The number of benzene rings is 1. The van der Waals surface area contributed by atoms with Crippen LogP contribution in [0.25, 0.3) is 11.3 Å². The third-order valence-electron chi connectivity index (χ3n) is 4.45. The smallest absolute Gasteiger partial charge is 0.272 e. The number of piperazine rings is 1. The molecule has 0 unspecified atom stereocenters. The van der Waals surface area contributed by atoms with E-state index in [0.29, 0.717) is 12.2 Å². The van der Waals surface area contributed by atoms with Crippen molar-refractivity contribution in [3.8, 4) is 11.3 Å². The number of amides is 1. The van der Waals surface area contributed by atoms with Crippen LogP contribution in [0.5, 0.6) is 0 Å². The molecule has 2 aromatic heterocycles. The zero-order valence-corrected chi connectivity index (χ0v) is 13.7. The highest BCUT2D eigenvalue weighted by atomic mass is 16.2. The SMILES string of the molecule is O=C(c1cc(-c2cccnc2)n[nH]1)N1CCNC[C@@H]1c1ccccc1. The summed E-state index contributed by atoms with van der Waals surface area (Å²) in [5.41, 5.74) is 3.25. The number of aromatic amines is 1. The molecule has 0 saturated carbocycles. The Labute approximate surface area is 145 Å². The molecular weight excluding hydrogens is 314 g/mol. The molecule has 1 saturated heterocycles. The zero-order valence-electron chi connectivity index (χ0n) is 13.7. The Morgan fingerprint density at radius 1 is 1.16 bits per heavy atom. The van der Waals surface area contributed by atoms with E-state index in [-0.39, 0.29) is 11.9 Å². The first-order valence-electron chi connectivity index (χ1n) is 8.35. The average Bonchev–Trinajstić information content (AvgIpc) is 3.19. The van der Waals surface area contributed by atoms with Crippen LogP contribution in [0.15, 0.2) is 60.9 Å². The van der Waals surface area contributed by atoms with E-state index in [1.807, 2.05) is 35.2 Å². The van der Waals surface area contributed by atoms with E-state index in [1.165, 1.54) is 0 Å². The molecule has 126 valence electrons. The first-order chi connectivity index (χ1) is 12.3. The Balaban J connectivity index is 1.60. The minimum atomic E-state index is -0.0296. The Kier molecular flexibility index (Phi) is 4.26. The summed E-state index contributed by atoms with van der Waals surface area (Å²) in [6, 6.07) is 15.7. The number of hydrogen-bond acceptors (Lipinski definition) is 4. The molecule has 1 atom stereocenters. The molecular formula is C19H19N5O. The number of carbonyl (C=O) groups excluding carboxylic acids is 1. The Bertz CT molecular complexity index is 847. The van der Waals surface area contributed by atoms with Gasteiger partial charge in [0.05, 0.1) is 11.7 Å². The maximum atomic E-state index is 13.0. The summed E-state index contributed by atoms with van der Waals surface area (Å²) in [5, 5.41) is 10.5. The van der Waals surface area contributed by atoms with Crippen LogP contribution in [0.3, 0.4) is 0 Å². The van der Waals surface area contributed by atoms with Gasteiger partial charge in [-0.1, -0.05) is 30.3 Å². The van der Waals surface area contributed by atoms with Crippen molar-refractivity contribution >= 4 is 5.91 Å².